The summed E-state index contributed by atoms with van der Waals surface area (Å²) in [5, 5.41) is 0. The van der Waals surface area contributed by atoms with Gasteiger partial charge in [0.1, 0.15) is 0 Å². The highest BCUT2D eigenvalue weighted by atomic mass is 19.4. The van der Waals surface area contributed by atoms with Crippen LogP contribution in [0.3, 0.4) is 0 Å². The molecule has 1 aliphatic rings. The molecular weight excluding hydrogens is 259 g/mol. The molecule has 2 rings (SSSR count). The number of para-hydroxylation sites is 1. The van der Waals surface area contributed by atoms with Crippen molar-refractivity contribution in [1.82, 2.24) is 0 Å². The minimum Gasteiger partial charge on any atom is -0.369 e. The minimum atomic E-state index is -4.61. The van der Waals surface area contributed by atoms with E-state index in [0.717, 1.165) is 0 Å². The predicted molar refractivity (Wildman–Crippen MR) is 64.2 cm³/mol. The molecule has 0 radical (unpaired) electrons. The summed E-state index contributed by atoms with van der Waals surface area (Å²) in [6.45, 7) is 0.236. The number of benzene rings is 1. The van der Waals surface area contributed by atoms with Crippen molar-refractivity contribution in [2.45, 2.75) is 19.2 Å². The monoisotopic (exact) mass is 273 g/mol. The van der Waals surface area contributed by atoms with Crippen molar-refractivity contribution in [3.63, 3.8) is 0 Å². The largest absolute Gasteiger partial charge is 0.522 e. The van der Waals surface area contributed by atoms with Gasteiger partial charge in [0.15, 0.2) is 5.78 Å². The Morgan fingerprint density at radius 1 is 1.26 bits per heavy atom. The number of anilines is 1. The van der Waals surface area contributed by atoms with Crippen molar-refractivity contribution in [2.75, 3.05) is 24.6 Å². The quantitative estimate of drug-likeness (QED) is 0.848. The van der Waals surface area contributed by atoms with Crippen LogP contribution in [0.1, 0.15) is 23.2 Å². The maximum Gasteiger partial charge on any atom is 0.522 e. The van der Waals surface area contributed by atoms with E-state index in [-0.39, 0.29) is 12.3 Å². The minimum absolute atomic E-state index is 0.0369. The van der Waals surface area contributed by atoms with Crippen LogP contribution >= 0.6 is 0 Å². The number of hydrogen-bond acceptors (Lipinski definition) is 3. The molecule has 0 fully saturated rings. The maximum absolute atomic E-state index is 12.0. The third kappa shape index (κ3) is 3.70. The summed E-state index contributed by atoms with van der Waals surface area (Å²) in [7, 11) is 0. The first-order valence-corrected chi connectivity index (χ1v) is 6.05. The van der Waals surface area contributed by atoms with Crippen molar-refractivity contribution in [3.05, 3.63) is 29.8 Å². The summed E-state index contributed by atoms with van der Waals surface area (Å²) < 4.78 is 39.6. The Balaban J connectivity index is 2.08. The number of nitrogens with zero attached hydrogens (tertiary/aromatic N) is 1. The summed E-state index contributed by atoms with van der Waals surface area (Å²) in [5.74, 6) is 0.0369. The Labute approximate surface area is 109 Å². The molecule has 1 aromatic rings. The number of rotatable bonds is 3. The van der Waals surface area contributed by atoms with Gasteiger partial charge in [0.05, 0.1) is 6.61 Å². The first kappa shape index (κ1) is 13.9. The van der Waals surface area contributed by atoms with Gasteiger partial charge >= 0.3 is 6.36 Å². The number of halogens is 3. The molecule has 0 spiro atoms. The molecular formula is C13H14F3NO2. The zero-order valence-corrected chi connectivity index (χ0v) is 10.2. The number of carbonyl (C=O) groups excluding carboxylic acids is 1. The van der Waals surface area contributed by atoms with Crippen molar-refractivity contribution in [3.8, 4) is 0 Å². The van der Waals surface area contributed by atoms with Crippen molar-refractivity contribution < 1.29 is 22.7 Å². The number of carbonyl (C=O) groups is 1. The molecule has 0 bridgehead atoms. The summed E-state index contributed by atoms with van der Waals surface area (Å²) in [6.07, 6.45) is -3.55. The highest BCUT2D eigenvalue weighted by Crippen LogP contribution is 2.26. The lowest BCUT2D eigenvalue weighted by molar-refractivity contribution is -0.323. The molecule has 1 aliphatic heterocycles. The maximum atomic E-state index is 12.0. The number of fused-ring (bicyclic) bond motifs is 1. The Bertz CT molecular complexity index is 459. The molecule has 0 aliphatic carbocycles. The van der Waals surface area contributed by atoms with E-state index in [4.69, 9.17) is 0 Å². The van der Waals surface area contributed by atoms with Gasteiger partial charge in [-0.15, -0.1) is 13.2 Å². The zero-order valence-electron chi connectivity index (χ0n) is 10.2. The first-order valence-electron chi connectivity index (χ1n) is 6.05. The van der Waals surface area contributed by atoms with Crippen molar-refractivity contribution in [1.29, 1.82) is 0 Å². The van der Waals surface area contributed by atoms with E-state index in [2.05, 4.69) is 4.74 Å². The number of ether oxygens (including phenoxy) is 1. The third-order valence-electron chi connectivity index (χ3n) is 3.00. The fraction of sp³-hybridized carbons (Fsp3) is 0.462. The number of alkyl halides is 3. The van der Waals surface area contributed by atoms with Crippen LogP contribution < -0.4 is 4.90 Å². The lowest BCUT2D eigenvalue weighted by Crippen LogP contribution is -2.30. The second-order valence-corrected chi connectivity index (χ2v) is 4.33. The van der Waals surface area contributed by atoms with Crippen LogP contribution in [-0.4, -0.2) is 31.8 Å². The zero-order chi connectivity index (χ0) is 13.9. The average molecular weight is 273 g/mol. The molecule has 104 valence electrons. The molecule has 0 saturated heterocycles. The van der Waals surface area contributed by atoms with Crippen molar-refractivity contribution in [2.24, 2.45) is 0 Å². The molecule has 3 nitrogen and oxygen atoms in total. The Hall–Kier alpha value is -1.56. The van der Waals surface area contributed by atoms with Gasteiger partial charge in [-0.1, -0.05) is 12.1 Å². The predicted octanol–water partition coefficient (Wildman–Crippen LogP) is 3.01. The highest BCUT2D eigenvalue weighted by Gasteiger charge is 2.29. The van der Waals surface area contributed by atoms with Crippen LogP contribution in [0.5, 0.6) is 0 Å². The van der Waals surface area contributed by atoms with Crippen LogP contribution in [0, 0.1) is 0 Å². The second-order valence-electron chi connectivity index (χ2n) is 4.33. The van der Waals surface area contributed by atoms with Gasteiger partial charge in [-0.2, -0.15) is 0 Å². The van der Waals surface area contributed by atoms with Crippen LogP contribution in [0.15, 0.2) is 24.3 Å². The molecule has 1 heterocycles. The van der Waals surface area contributed by atoms with E-state index in [9.17, 15) is 18.0 Å². The smallest absolute Gasteiger partial charge is 0.369 e. The van der Waals surface area contributed by atoms with Gasteiger partial charge in [0.2, 0.25) is 0 Å². The Kier molecular flexibility index (Phi) is 4.09. The fourth-order valence-corrected chi connectivity index (χ4v) is 2.17. The van der Waals surface area contributed by atoms with Gasteiger partial charge in [0, 0.05) is 30.8 Å². The van der Waals surface area contributed by atoms with Gasteiger partial charge in [0.25, 0.3) is 0 Å². The second kappa shape index (κ2) is 5.61. The van der Waals surface area contributed by atoms with E-state index < -0.39 is 13.0 Å². The van der Waals surface area contributed by atoms with Crippen LogP contribution in [0.4, 0.5) is 18.9 Å². The normalized spacial score (nSPS) is 16.2. The van der Waals surface area contributed by atoms with Crippen LogP contribution in [-0.2, 0) is 4.74 Å². The van der Waals surface area contributed by atoms with E-state index in [1.54, 1.807) is 29.2 Å². The van der Waals surface area contributed by atoms with Gasteiger partial charge in [-0.3, -0.25) is 9.53 Å². The average Bonchev–Trinajstić information content (AvgIpc) is 2.49. The SMILES string of the molecule is O=C1CCCN(CCOC(F)(F)F)c2ccccc21. The van der Waals surface area contributed by atoms with Crippen LogP contribution in [0.25, 0.3) is 0 Å². The van der Waals surface area contributed by atoms with E-state index in [1.165, 1.54) is 0 Å². The van der Waals surface area contributed by atoms with E-state index in [0.29, 0.717) is 30.6 Å². The molecule has 0 unspecified atom stereocenters. The summed E-state index contributed by atoms with van der Waals surface area (Å²) in [6, 6.07) is 6.99. The molecule has 0 aromatic heterocycles. The van der Waals surface area contributed by atoms with E-state index >= 15 is 0 Å². The van der Waals surface area contributed by atoms with E-state index in [1.807, 2.05) is 0 Å². The molecule has 0 atom stereocenters. The Morgan fingerprint density at radius 3 is 2.74 bits per heavy atom. The van der Waals surface area contributed by atoms with Gasteiger partial charge in [-0.25, -0.2) is 0 Å². The molecule has 1 aromatic carbocycles. The summed E-state index contributed by atoms with van der Waals surface area (Å²) >= 11 is 0. The van der Waals surface area contributed by atoms with Gasteiger partial charge in [-0.05, 0) is 18.6 Å². The summed E-state index contributed by atoms with van der Waals surface area (Å²) in [5.41, 5.74) is 1.27. The third-order valence-corrected chi connectivity index (χ3v) is 3.00. The molecule has 19 heavy (non-hydrogen) atoms. The molecule has 6 heteroatoms. The Morgan fingerprint density at radius 2 is 2.00 bits per heavy atom. The van der Waals surface area contributed by atoms with Gasteiger partial charge < -0.3 is 4.90 Å². The summed E-state index contributed by atoms with van der Waals surface area (Å²) in [4.78, 5) is 13.6. The highest BCUT2D eigenvalue weighted by molar-refractivity contribution is 6.01. The molecule has 0 amide bonds. The lowest BCUT2D eigenvalue weighted by atomic mass is 10.1. The van der Waals surface area contributed by atoms with Crippen molar-refractivity contribution >= 4 is 11.5 Å². The number of ketones is 1. The first-order chi connectivity index (χ1) is 8.97. The molecule has 0 N–H and O–H groups in total. The fourth-order valence-electron chi connectivity index (χ4n) is 2.17. The standard InChI is InChI=1S/C13H14F3NO2/c14-13(15,16)19-9-8-17-7-3-6-12(18)10-4-1-2-5-11(10)17/h1-2,4-5H,3,6-9H2. The number of Topliss-reactive ketones (excluding diaryl/α,β-unsaturated/α-hetero) is 1. The molecule has 0 saturated carbocycles. The lowest BCUT2D eigenvalue weighted by Gasteiger charge is -2.24. The number of hydrogen-bond donors (Lipinski definition) is 0. The van der Waals surface area contributed by atoms with Crippen LogP contribution in [0.2, 0.25) is 0 Å². The topological polar surface area (TPSA) is 29.5 Å².